The predicted molar refractivity (Wildman–Crippen MR) is 104 cm³/mol. The van der Waals surface area contributed by atoms with E-state index >= 15 is 0 Å². The number of urea groups is 1. The number of ether oxygens (including phenoxy) is 1. The Kier molecular flexibility index (Phi) is 6.55. The summed E-state index contributed by atoms with van der Waals surface area (Å²) >= 11 is 0. The SMILES string of the molecule is CN(C)c1ccc(N[C@@H]2CCCN(C(=O)NC[C@@H]3CCCO3)CC2)cn1. The van der Waals surface area contributed by atoms with Crippen LogP contribution in [0.5, 0.6) is 0 Å². The fourth-order valence-electron chi connectivity index (χ4n) is 3.53. The van der Waals surface area contributed by atoms with Gasteiger partial charge >= 0.3 is 6.03 Å². The third kappa shape index (κ3) is 5.24. The molecule has 2 N–H and O–H groups in total. The van der Waals surface area contributed by atoms with Crippen molar-refractivity contribution in [2.45, 2.75) is 44.2 Å². The van der Waals surface area contributed by atoms with Crippen LogP contribution in [0.4, 0.5) is 16.3 Å². The highest BCUT2D eigenvalue weighted by Gasteiger charge is 2.22. The van der Waals surface area contributed by atoms with Gasteiger partial charge in [-0.05, 0) is 44.2 Å². The summed E-state index contributed by atoms with van der Waals surface area (Å²) in [6.07, 6.45) is 7.24. The van der Waals surface area contributed by atoms with E-state index in [0.29, 0.717) is 12.6 Å². The van der Waals surface area contributed by atoms with Crippen LogP contribution in [-0.4, -0.2) is 68.4 Å². The molecule has 2 atom stereocenters. The molecule has 0 unspecified atom stereocenters. The van der Waals surface area contributed by atoms with Gasteiger partial charge in [0.1, 0.15) is 5.82 Å². The summed E-state index contributed by atoms with van der Waals surface area (Å²) in [6, 6.07) is 4.50. The monoisotopic (exact) mass is 361 g/mol. The predicted octanol–water partition coefficient (Wildman–Crippen LogP) is 2.30. The summed E-state index contributed by atoms with van der Waals surface area (Å²) in [7, 11) is 3.97. The number of carbonyl (C=O) groups excluding carboxylic acids is 1. The zero-order valence-electron chi connectivity index (χ0n) is 15.9. The van der Waals surface area contributed by atoms with Gasteiger partial charge in [-0.1, -0.05) is 0 Å². The van der Waals surface area contributed by atoms with Crippen molar-refractivity contribution in [1.29, 1.82) is 0 Å². The van der Waals surface area contributed by atoms with Crippen LogP contribution in [0.15, 0.2) is 18.3 Å². The average Bonchev–Trinajstić information content (AvgIpc) is 3.05. The first-order valence-electron chi connectivity index (χ1n) is 9.66. The molecule has 7 nitrogen and oxygen atoms in total. The molecule has 3 heterocycles. The van der Waals surface area contributed by atoms with E-state index in [-0.39, 0.29) is 12.1 Å². The van der Waals surface area contributed by atoms with Crippen LogP contribution in [-0.2, 0) is 4.74 Å². The van der Waals surface area contributed by atoms with Crippen LogP contribution in [0.25, 0.3) is 0 Å². The summed E-state index contributed by atoms with van der Waals surface area (Å²) in [4.78, 5) is 20.8. The molecule has 1 aromatic rings. The highest BCUT2D eigenvalue weighted by atomic mass is 16.5. The third-order valence-corrected chi connectivity index (χ3v) is 5.10. The number of hydrogen-bond acceptors (Lipinski definition) is 5. The number of nitrogens with zero attached hydrogens (tertiary/aromatic N) is 3. The molecule has 0 saturated carbocycles. The van der Waals surface area contributed by atoms with E-state index in [4.69, 9.17) is 4.74 Å². The molecule has 1 aromatic heterocycles. The second-order valence-electron chi connectivity index (χ2n) is 7.38. The largest absolute Gasteiger partial charge is 0.381 e. The van der Waals surface area contributed by atoms with Crippen molar-refractivity contribution in [3.05, 3.63) is 18.3 Å². The molecule has 2 aliphatic rings. The standard InChI is InChI=1S/C19H31N5O2/c1-23(2)18-8-7-16(13-20-18)22-15-5-3-10-24(11-9-15)19(25)21-14-17-6-4-12-26-17/h7-8,13,15,17,22H,3-6,9-12,14H2,1-2H3,(H,21,25)/t15-,17+/m1/s1. The number of amides is 2. The van der Waals surface area contributed by atoms with Gasteiger partial charge in [0.15, 0.2) is 0 Å². The molecule has 2 fully saturated rings. The Bertz CT molecular complexity index is 572. The van der Waals surface area contributed by atoms with Gasteiger partial charge in [-0.2, -0.15) is 0 Å². The van der Waals surface area contributed by atoms with Gasteiger partial charge in [0.05, 0.1) is 18.0 Å². The summed E-state index contributed by atoms with van der Waals surface area (Å²) in [5, 5.41) is 6.59. The zero-order valence-corrected chi connectivity index (χ0v) is 15.9. The Morgan fingerprint density at radius 2 is 2.15 bits per heavy atom. The van der Waals surface area contributed by atoms with E-state index in [1.807, 2.05) is 36.2 Å². The molecule has 0 bridgehead atoms. The number of anilines is 2. The van der Waals surface area contributed by atoms with Crippen LogP contribution < -0.4 is 15.5 Å². The van der Waals surface area contributed by atoms with Crippen LogP contribution >= 0.6 is 0 Å². The van der Waals surface area contributed by atoms with Crippen LogP contribution in [0.2, 0.25) is 0 Å². The number of hydrogen-bond donors (Lipinski definition) is 2. The van der Waals surface area contributed by atoms with E-state index in [2.05, 4.69) is 21.7 Å². The molecule has 2 aliphatic heterocycles. The van der Waals surface area contributed by atoms with E-state index in [9.17, 15) is 4.79 Å². The van der Waals surface area contributed by atoms with Crippen molar-refractivity contribution in [3.8, 4) is 0 Å². The quantitative estimate of drug-likeness (QED) is 0.842. The number of carbonyl (C=O) groups is 1. The molecule has 0 spiro atoms. The topological polar surface area (TPSA) is 69.7 Å². The van der Waals surface area contributed by atoms with Gasteiger partial charge in [0.2, 0.25) is 0 Å². The Hall–Kier alpha value is -2.02. The molecule has 26 heavy (non-hydrogen) atoms. The Balaban J connectivity index is 1.44. The lowest BCUT2D eigenvalue weighted by Crippen LogP contribution is -2.43. The minimum absolute atomic E-state index is 0.0400. The van der Waals surface area contributed by atoms with Crippen molar-refractivity contribution >= 4 is 17.5 Å². The molecule has 0 aromatic carbocycles. The molecule has 144 valence electrons. The first-order chi connectivity index (χ1) is 12.6. The average molecular weight is 361 g/mol. The van der Waals surface area contributed by atoms with Crippen LogP contribution in [0.1, 0.15) is 32.1 Å². The number of pyridine rings is 1. The van der Waals surface area contributed by atoms with Gasteiger partial charge in [-0.25, -0.2) is 9.78 Å². The maximum atomic E-state index is 12.4. The molecule has 0 aliphatic carbocycles. The molecule has 2 amide bonds. The second-order valence-corrected chi connectivity index (χ2v) is 7.38. The molecule has 2 saturated heterocycles. The summed E-state index contributed by atoms with van der Waals surface area (Å²) in [6.45, 7) is 3.04. The van der Waals surface area contributed by atoms with Crippen molar-refractivity contribution in [3.63, 3.8) is 0 Å². The van der Waals surface area contributed by atoms with Gasteiger partial charge < -0.3 is 25.2 Å². The Morgan fingerprint density at radius 1 is 1.27 bits per heavy atom. The minimum atomic E-state index is 0.0400. The fourth-order valence-corrected chi connectivity index (χ4v) is 3.53. The first-order valence-corrected chi connectivity index (χ1v) is 9.66. The summed E-state index contributed by atoms with van der Waals surface area (Å²) in [5.41, 5.74) is 1.04. The molecule has 7 heteroatoms. The highest BCUT2D eigenvalue weighted by Crippen LogP contribution is 2.18. The maximum absolute atomic E-state index is 12.4. The van der Waals surface area contributed by atoms with E-state index in [0.717, 1.165) is 63.3 Å². The number of likely N-dealkylation sites (tertiary alicyclic amines) is 1. The molecule has 3 rings (SSSR count). The lowest BCUT2D eigenvalue weighted by molar-refractivity contribution is 0.109. The normalized spacial score (nSPS) is 23.4. The van der Waals surface area contributed by atoms with E-state index in [1.54, 1.807) is 0 Å². The van der Waals surface area contributed by atoms with Gasteiger partial charge in [0.25, 0.3) is 0 Å². The minimum Gasteiger partial charge on any atom is -0.381 e. The van der Waals surface area contributed by atoms with E-state index in [1.165, 1.54) is 0 Å². The van der Waals surface area contributed by atoms with Crippen molar-refractivity contribution in [2.24, 2.45) is 0 Å². The molecule has 0 radical (unpaired) electrons. The first kappa shape index (κ1) is 18.8. The molecular weight excluding hydrogens is 330 g/mol. The number of aromatic nitrogens is 1. The van der Waals surface area contributed by atoms with E-state index < -0.39 is 0 Å². The highest BCUT2D eigenvalue weighted by molar-refractivity contribution is 5.74. The van der Waals surface area contributed by atoms with Crippen LogP contribution in [0.3, 0.4) is 0 Å². The van der Waals surface area contributed by atoms with Gasteiger partial charge in [-0.15, -0.1) is 0 Å². The lowest BCUT2D eigenvalue weighted by Gasteiger charge is -2.22. The fraction of sp³-hybridized carbons (Fsp3) is 0.684. The summed E-state index contributed by atoms with van der Waals surface area (Å²) in [5.74, 6) is 0.950. The maximum Gasteiger partial charge on any atom is 0.317 e. The van der Waals surface area contributed by atoms with Crippen molar-refractivity contribution < 1.29 is 9.53 Å². The van der Waals surface area contributed by atoms with Gasteiger partial charge in [0, 0.05) is 46.4 Å². The number of rotatable bonds is 5. The van der Waals surface area contributed by atoms with Crippen molar-refractivity contribution in [2.75, 3.05) is 50.6 Å². The zero-order chi connectivity index (χ0) is 18.4. The van der Waals surface area contributed by atoms with Gasteiger partial charge in [-0.3, -0.25) is 0 Å². The number of nitrogens with one attached hydrogen (secondary N) is 2. The summed E-state index contributed by atoms with van der Waals surface area (Å²) < 4.78 is 5.57. The Morgan fingerprint density at radius 3 is 2.85 bits per heavy atom. The third-order valence-electron chi connectivity index (χ3n) is 5.10. The lowest BCUT2D eigenvalue weighted by atomic mass is 10.1. The second kappa shape index (κ2) is 9.07. The smallest absolute Gasteiger partial charge is 0.317 e. The van der Waals surface area contributed by atoms with Crippen LogP contribution in [0, 0.1) is 0 Å². The van der Waals surface area contributed by atoms with Crippen molar-refractivity contribution in [1.82, 2.24) is 15.2 Å². The molecular formula is C19H31N5O2. The Labute approximate surface area is 156 Å².